The van der Waals surface area contributed by atoms with Gasteiger partial charge in [-0.15, -0.1) is 0 Å². The number of amidine groups is 1. The fourth-order valence-corrected chi connectivity index (χ4v) is 0.818. The summed E-state index contributed by atoms with van der Waals surface area (Å²) in [7, 11) is 0. The van der Waals surface area contributed by atoms with E-state index in [1.54, 1.807) is 0 Å². The first kappa shape index (κ1) is 11.2. The van der Waals surface area contributed by atoms with Crippen molar-refractivity contribution < 1.29 is 19.5 Å². The molecule has 0 heterocycles. The first-order valence-electron chi connectivity index (χ1n) is 4.40. The Morgan fingerprint density at radius 2 is 2.07 bits per heavy atom. The van der Waals surface area contributed by atoms with Gasteiger partial charge in [0.2, 0.25) is 0 Å². The highest BCUT2D eigenvalue weighted by atomic mass is 16.7. The second-order valence-corrected chi connectivity index (χ2v) is 3.62. The second kappa shape index (κ2) is 4.12. The van der Waals surface area contributed by atoms with Crippen molar-refractivity contribution in [1.29, 1.82) is 0 Å². The molecule has 1 rings (SSSR count). The van der Waals surface area contributed by atoms with Crippen molar-refractivity contribution in [2.45, 2.75) is 19.8 Å². The number of carbonyl (C=O) groups excluding carboxylic acids is 1. The molecule has 82 valence electrons. The van der Waals surface area contributed by atoms with E-state index in [2.05, 4.69) is 9.99 Å². The molecule has 0 radical (unpaired) electrons. The minimum atomic E-state index is -1.22. The number of hydrogen-bond acceptors (Lipinski definition) is 4. The Morgan fingerprint density at radius 1 is 1.47 bits per heavy atom. The highest BCUT2D eigenvalue weighted by molar-refractivity contribution is 5.92. The number of hydrogen-bond donors (Lipinski definition) is 2. The standard InChI is InChI=1S/C9H12N2O4/c1-9(4-5-9)8(10)11-15-7(14)3-2-6(12)13/h2-3H,4-5H2,1H3,(H2,10,11)(H,12,13). The molecule has 1 fully saturated rings. The number of oxime groups is 1. The zero-order valence-electron chi connectivity index (χ0n) is 8.27. The van der Waals surface area contributed by atoms with Gasteiger partial charge in [-0.05, 0) is 12.8 Å². The number of carboxylic acids is 1. The first-order valence-corrected chi connectivity index (χ1v) is 4.40. The van der Waals surface area contributed by atoms with Gasteiger partial charge in [-0.1, -0.05) is 12.1 Å². The third-order valence-electron chi connectivity index (χ3n) is 2.21. The van der Waals surface area contributed by atoms with Crippen molar-refractivity contribution in [3.8, 4) is 0 Å². The number of aliphatic carboxylic acids is 1. The molecule has 0 aromatic heterocycles. The molecule has 1 aliphatic carbocycles. The van der Waals surface area contributed by atoms with Crippen LogP contribution in [0, 0.1) is 5.41 Å². The summed E-state index contributed by atoms with van der Waals surface area (Å²) < 4.78 is 0. The minimum absolute atomic E-state index is 0.156. The van der Waals surface area contributed by atoms with E-state index in [0.717, 1.165) is 18.9 Å². The fourth-order valence-electron chi connectivity index (χ4n) is 0.818. The van der Waals surface area contributed by atoms with Gasteiger partial charge in [0.15, 0.2) is 0 Å². The van der Waals surface area contributed by atoms with E-state index in [1.807, 2.05) is 6.92 Å². The van der Waals surface area contributed by atoms with Crippen LogP contribution in [-0.2, 0) is 14.4 Å². The molecule has 0 saturated heterocycles. The Labute approximate surface area is 86.4 Å². The van der Waals surface area contributed by atoms with E-state index in [-0.39, 0.29) is 11.3 Å². The average Bonchev–Trinajstić information content (AvgIpc) is 2.91. The summed E-state index contributed by atoms with van der Waals surface area (Å²) in [5.74, 6) is -1.82. The average molecular weight is 212 g/mol. The molecule has 0 amide bonds. The zero-order valence-corrected chi connectivity index (χ0v) is 8.27. The Kier molecular flexibility index (Phi) is 3.08. The predicted octanol–water partition coefficient (Wildman–Crippen LogP) is 0.243. The van der Waals surface area contributed by atoms with Crippen LogP contribution < -0.4 is 5.73 Å². The Balaban J connectivity index is 2.42. The lowest BCUT2D eigenvalue weighted by atomic mass is 10.1. The fraction of sp³-hybridized carbons (Fsp3) is 0.444. The van der Waals surface area contributed by atoms with Crippen molar-refractivity contribution in [2.24, 2.45) is 16.3 Å². The Morgan fingerprint density at radius 3 is 2.53 bits per heavy atom. The highest BCUT2D eigenvalue weighted by Crippen LogP contribution is 2.44. The van der Waals surface area contributed by atoms with Crippen molar-refractivity contribution in [3.05, 3.63) is 12.2 Å². The van der Waals surface area contributed by atoms with Crippen LogP contribution in [0.3, 0.4) is 0 Å². The summed E-state index contributed by atoms with van der Waals surface area (Å²) >= 11 is 0. The van der Waals surface area contributed by atoms with Crippen molar-refractivity contribution >= 4 is 17.8 Å². The largest absolute Gasteiger partial charge is 0.478 e. The molecule has 0 spiro atoms. The quantitative estimate of drug-likeness (QED) is 0.228. The van der Waals surface area contributed by atoms with Crippen LogP contribution in [0.25, 0.3) is 0 Å². The highest BCUT2D eigenvalue weighted by Gasteiger charge is 2.42. The van der Waals surface area contributed by atoms with Crippen LogP contribution in [0.4, 0.5) is 0 Å². The summed E-state index contributed by atoms with van der Waals surface area (Å²) in [6.07, 6.45) is 3.29. The van der Waals surface area contributed by atoms with Gasteiger partial charge in [0.25, 0.3) is 0 Å². The molecule has 3 N–H and O–H groups in total. The maximum atomic E-state index is 10.9. The maximum Gasteiger partial charge on any atom is 0.358 e. The molecule has 0 aromatic carbocycles. The molecular weight excluding hydrogens is 200 g/mol. The van der Waals surface area contributed by atoms with E-state index in [0.29, 0.717) is 6.08 Å². The van der Waals surface area contributed by atoms with Crippen LogP contribution >= 0.6 is 0 Å². The van der Waals surface area contributed by atoms with Gasteiger partial charge in [0.05, 0.1) is 0 Å². The van der Waals surface area contributed by atoms with E-state index in [9.17, 15) is 9.59 Å². The molecule has 0 aromatic rings. The first-order chi connectivity index (χ1) is 6.94. The van der Waals surface area contributed by atoms with E-state index < -0.39 is 11.9 Å². The molecule has 1 saturated carbocycles. The minimum Gasteiger partial charge on any atom is -0.478 e. The molecule has 6 heteroatoms. The van der Waals surface area contributed by atoms with Gasteiger partial charge in [0.1, 0.15) is 5.84 Å². The van der Waals surface area contributed by atoms with Crippen LogP contribution in [-0.4, -0.2) is 22.9 Å². The van der Waals surface area contributed by atoms with Gasteiger partial charge < -0.3 is 15.7 Å². The SMILES string of the molecule is CC1(/C(N)=N/OC(=O)C=CC(=O)O)CC1. The summed E-state index contributed by atoms with van der Waals surface area (Å²) in [5.41, 5.74) is 5.39. The molecule has 0 atom stereocenters. The second-order valence-electron chi connectivity index (χ2n) is 3.62. The van der Waals surface area contributed by atoms with Gasteiger partial charge in [0, 0.05) is 17.6 Å². The Bertz CT molecular complexity index is 342. The Hall–Kier alpha value is -1.85. The maximum absolute atomic E-state index is 10.9. The molecule has 0 unspecified atom stereocenters. The summed E-state index contributed by atoms with van der Waals surface area (Å²) in [5, 5.41) is 11.7. The molecule has 15 heavy (non-hydrogen) atoms. The van der Waals surface area contributed by atoms with Gasteiger partial charge in [-0.2, -0.15) is 0 Å². The summed E-state index contributed by atoms with van der Waals surface area (Å²) in [6, 6.07) is 0. The zero-order chi connectivity index (χ0) is 11.5. The topological polar surface area (TPSA) is 102 Å². The van der Waals surface area contributed by atoms with Crippen LogP contribution in [0.5, 0.6) is 0 Å². The van der Waals surface area contributed by atoms with Crippen molar-refractivity contribution in [3.63, 3.8) is 0 Å². The number of nitrogens with zero attached hydrogens (tertiary/aromatic N) is 1. The predicted molar refractivity (Wildman–Crippen MR) is 51.8 cm³/mol. The van der Waals surface area contributed by atoms with Gasteiger partial charge >= 0.3 is 11.9 Å². The summed E-state index contributed by atoms with van der Waals surface area (Å²) in [6.45, 7) is 1.91. The van der Waals surface area contributed by atoms with Crippen molar-refractivity contribution in [1.82, 2.24) is 0 Å². The molecule has 0 aliphatic heterocycles. The van der Waals surface area contributed by atoms with Gasteiger partial charge in [-0.25, -0.2) is 9.59 Å². The third kappa shape index (κ3) is 3.41. The third-order valence-corrected chi connectivity index (χ3v) is 2.21. The van der Waals surface area contributed by atoms with E-state index in [4.69, 9.17) is 10.8 Å². The molecular formula is C9H12N2O4. The monoisotopic (exact) mass is 212 g/mol. The number of nitrogens with two attached hydrogens (primary N) is 1. The smallest absolute Gasteiger partial charge is 0.358 e. The summed E-state index contributed by atoms with van der Waals surface area (Å²) in [4.78, 5) is 25.3. The van der Waals surface area contributed by atoms with Gasteiger partial charge in [-0.3, -0.25) is 0 Å². The lowest BCUT2D eigenvalue weighted by molar-refractivity contribution is -0.138. The van der Waals surface area contributed by atoms with Crippen LogP contribution in [0.1, 0.15) is 19.8 Å². The molecule has 1 aliphatic rings. The molecule has 6 nitrogen and oxygen atoms in total. The molecule has 0 bridgehead atoms. The van der Waals surface area contributed by atoms with Crippen LogP contribution in [0.15, 0.2) is 17.3 Å². The lowest BCUT2D eigenvalue weighted by Crippen LogP contribution is -2.23. The van der Waals surface area contributed by atoms with Crippen LogP contribution in [0.2, 0.25) is 0 Å². The number of carboxylic acid groups (broad SMARTS) is 1. The lowest BCUT2D eigenvalue weighted by Gasteiger charge is -2.04. The number of rotatable bonds is 4. The number of carbonyl (C=O) groups is 2. The van der Waals surface area contributed by atoms with E-state index in [1.165, 1.54) is 0 Å². The van der Waals surface area contributed by atoms with E-state index >= 15 is 0 Å². The van der Waals surface area contributed by atoms with Crippen molar-refractivity contribution in [2.75, 3.05) is 0 Å². The normalized spacial score (nSPS) is 18.9.